The predicted octanol–water partition coefficient (Wildman–Crippen LogP) is 8.87. The third-order valence-corrected chi connectivity index (χ3v) is 16.4. The number of benzene rings is 3. The third kappa shape index (κ3) is 18.6. The second-order valence-electron chi connectivity index (χ2n) is 27.5. The summed E-state index contributed by atoms with van der Waals surface area (Å²) in [5.74, 6) is 2.82. The number of amides is 6. The molecule has 6 amide bonds. The number of aromatic amines is 1. The number of anilines is 3. The van der Waals surface area contributed by atoms with Crippen molar-refractivity contribution >= 4 is 35.2 Å². The summed E-state index contributed by atoms with van der Waals surface area (Å²) in [7, 11) is 0. The number of ether oxygens (including phenoxy) is 6. The molecular formula is C62H87N9O12. The Morgan fingerprint density at radius 2 is 0.819 bits per heavy atom. The molecule has 0 spiro atoms. The van der Waals surface area contributed by atoms with E-state index in [2.05, 4.69) is 85.4 Å². The molecule has 9 atom stereocenters. The summed E-state index contributed by atoms with van der Waals surface area (Å²) in [5.41, 5.74) is -1.49. The van der Waals surface area contributed by atoms with Crippen molar-refractivity contribution in [2.24, 2.45) is 33.0 Å². The lowest BCUT2D eigenvalue weighted by atomic mass is 9.62. The van der Waals surface area contributed by atoms with E-state index < -0.39 is 27.9 Å². The summed E-state index contributed by atoms with van der Waals surface area (Å²) in [4.78, 5) is 82.0. The maximum atomic E-state index is 14.2. The van der Waals surface area contributed by atoms with Gasteiger partial charge in [0.1, 0.15) is 55.4 Å². The molecule has 9 unspecified atom stereocenters. The van der Waals surface area contributed by atoms with Gasteiger partial charge in [-0.05, 0) is 164 Å². The van der Waals surface area contributed by atoms with Crippen molar-refractivity contribution in [3.8, 4) is 17.2 Å². The normalized spacial score (nSPS) is 27.9. The van der Waals surface area contributed by atoms with Gasteiger partial charge in [0, 0.05) is 48.3 Å². The highest BCUT2D eigenvalue weighted by atomic mass is 16.6. The van der Waals surface area contributed by atoms with E-state index in [1.54, 1.807) is 48.5 Å². The van der Waals surface area contributed by atoms with E-state index in [1.165, 1.54) is 6.42 Å². The lowest BCUT2D eigenvalue weighted by Gasteiger charge is -2.47. The smallest absolute Gasteiger partial charge is 0.336 e. The molecule has 21 heteroatoms. The number of rotatable bonds is 19. The van der Waals surface area contributed by atoms with Crippen molar-refractivity contribution in [3.63, 3.8) is 0 Å². The Morgan fingerprint density at radius 3 is 1.14 bits per heavy atom. The first kappa shape index (κ1) is 60.7. The van der Waals surface area contributed by atoms with Crippen LogP contribution in [0.15, 0.2) is 87.2 Å². The van der Waals surface area contributed by atoms with Gasteiger partial charge in [0.25, 0.3) is 0 Å². The summed E-state index contributed by atoms with van der Waals surface area (Å²) >= 11 is 0. The summed E-state index contributed by atoms with van der Waals surface area (Å²) in [6.45, 7) is 23.2. The topological polar surface area (TPSA) is 266 Å². The van der Waals surface area contributed by atoms with Crippen LogP contribution < -0.4 is 63.2 Å². The number of nitrogens with one attached hydrogen (secondary N) is 7. The van der Waals surface area contributed by atoms with Crippen molar-refractivity contribution in [3.05, 3.63) is 104 Å². The van der Waals surface area contributed by atoms with Gasteiger partial charge < -0.3 is 60.3 Å². The standard InChI is InChI=1S/C43H59N7O9.C19H28N2O3/c1-40(2)15-29(46-35(51)44-27-7-11-31(12-8-27)56-19-33-21-58-33)17-42(5,23-40)25-49-37(53)48-38(54)50(39(49)55)26-43(6)18-30(16-41(3,4)24-43)47-36(52)45-28-9-13-32(14-10-28)57-20-34-22-59-34;1-13-8-15(10-19(2,3)9-13)21-18(22)20-14-4-6-16(7-5-14)23-11-17-12-24-17/h7-14,29-30,33-34H,15-26H2,1-6H3,(H2,44,46,51)(H2,45,47,52)(H,48,53,54);4-7,13,15,17H,8-12H2,1-3H3,(H2,20,21,22). The van der Waals surface area contributed by atoms with E-state index in [4.69, 9.17) is 28.4 Å². The maximum Gasteiger partial charge on any atom is 0.336 e. The average molecular weight is 1150 g/mol. The fourth-order valence-corrected chi connectivity index (χ4v) is 13.8. The molecule has 452 valence electrons. The second kappa shape index (κ2) is 25.2. The molecule has 10 rings (SSSR count). The Bertz CT molecular complexity index is 2930. The van der Waals surface area contributed by atoms with Gasteiger partial charge in [0.05, 0.1) is 19.8 Å². The van der Waals surface area contributed by atoms with Crippen LogP contribution in [0.3, 0.4) is 0 Å². The van der Waals surface area contributed by atoms with Gasteiger partial charge in [-0.2, -0.15) is 0 Å². The first-order chi connectivity index (χ1) is 39.2. The SMILES string of the molecule is CC1(C)CC(NC(=O)Nc2ccc(OCC3CO3)cc2)CC(C)(Cn2c(=O)[nH]c(=O)n(CC3(C)CC(NC(=O)Nc4ccc(OCC5CO5)cc4)CC(C)(C)C3)c2=O)C1.CC1CC(NC(=O)Nc2ccc(OCC3CO3)cc2)CC(C)(C)C1. The number of H-pyrrole nitrogens is 1. The Balaban J connectivity index is 0.000000287. The van der Waals surface area contributed by atoms with Crippen LogP contribution in [-0.2, 0) is 27.3 Å². The molecule has 6 aliphatic rings. The van der Waals surface area contributed by atoms with E-state index >= 15 is 0 Å². The Labute approximate surface area is 486 Å². The predicted molar refractivity (Wildman–Crippen MR) is 317 cm³/mol. The summed E-state index contributed by atoms with van der Waals surface area (Å²) in [6, 6.07) is 20.6. The van der Waals surface area contributed by atoms with Crippen LogP contribution in [0, 0.1) is 33.0 Å². The number of nitrogens with zero attached hydrogens (tertiary/aromatic N) is 2. The van der Waals surface area contributed by atoms with Crippen molar-refractivity contribution in [1.29, 1.82) is 0 Å². The summed E-state index contributed by atoms with van der Waals surface area (Å²) < 4.78 is 34.7. The summed E-state index contributed by atoms with van der Waals surface area (Å²) in [6.07, 6.45) is 7.65. The molecule has 3 aliphatic carbocycles. The van der Waals surface area contributed by atoms with Crippen LogP contribution in [-0.4, -0.2) is 108 Å². The van der Waals surface area contributed by atoms with Crippen LogP contribution >= 0.6 is 0 Å². The van der Waals surface area contributed by atoms with Crippen molar-refractivity contribution in [2.75, 3.05) is 55.6 Å². The van der Waals surface area contributed by atoms with Gasteiger partial charge in [-0.3, -0.25) is 4.98 Å². The van der Waals surface area contributed by atoms with Crippen LogP contribution in [0.4, 0.5) is 31.4 Å². The average Bonchev–Trinajstić information content (AvgIpc) is 3.76. The van der Waals surface area contributed by atoms with E-state index in [0.717, 1.165) is 40.0 Å². The Hall–Kier alpha value is -6.84. The lowest BCUT2D eigenvalue weighted by molar-refractivity contribution is 0.0517. The molecule has 3 aliphatic heterocycles. The van der Waals surface area contributed by atoms with Gasteiger partial charge in [-0.1, -0.05) is 62.3 Å². The van der Waals surface area contributed by atoms with E-state index in [1.807, 2.05) is 38.1 Å². The van der Waals surface area contributed by atoms with Crippen LogP contribution in [0.5, 0.6) is 17.2 Å². The molecule has 3 saturated carbocycles. The molecule has 6 fully saturated rings. The zero-order valence-corrected chi connectivity index (χ0v) is 49.8. The highest BCUT2D eigenvalue weighted by Crippen LogP contribution is 2.48. The number of urea groups is 3. The first-order valence-electron chi connectivity index (χ1n) is 29.4. The summed E-state index contributed by atoms with van der Waals surface area (Å²) in [5, 5.41) is 18.1. The lowest BCUT2D eigenvalue weighted by Crippen LogP contribution is -2.56. The molecule has 83 heavy (non-hydrogen) atoms. The van der Waals surface area contributed by atoms with Gasteiger partial charge in [-0.15, -0.1) is 0 Å². The van der Waals surface area contributed by atoms with Crippen molar-refractivity contribution in [1.82, 2.24) is 30.1 Å². The van der Waals surface area contributed by atoms with Gasteiger partial charge in [-0.25, -0.2) is 37.9 Å². The minimum absolute atomic E-state index is 0.0621. The van der Waals surface area contributed by atoms with Crippen molar-refractivity contribution in [2.45, 2.75) is 170 Å². The highest BCUT2D eigenvalue weighted by molar-refractivity contribution is 5.90. The molecular weight excluding hydrogens is 1060 g/mol. The van der Waals surface area contributed by atoms with Gasteiger partial charge >= 0.3 is 35.2 Å². The Kier molecular flexibility index (Phi) is 18.4. The molecule has 21 nitrogen and oxygen atoms in total. The molecule has 7 N–H and O–H groups in total. The second-order valence-corrected chi connectivity index (χ2v) is 27.5. The maximum absolute atomic E-state index is 14.2. The number of epoxide rings is 3. The van der Waals surface area contributed by atoms with Crippen LogP contribution in [0.1, 0.15) is 120 Å². The van der Waals surface area contributed by atoms with E-state index in [9.17, 15) is 28.8 Å². The number of carbonyl (C=O) groups is 3. The van der Waals surface area contributed by atoms with Gasteiger partial charge in [0.15, 0.2) is 0 Å². The zero-order chi connectivity index (χ0) is 59.3. The van der Waals surface area contributed by atoms with Crippen molar-refractivity contribution < 1.29 is 42.8 Å². The van der Waals surface area contributed by atoms with Crippen LogP contribution in [0.2, 0.25) is 0 Å². The molecule has 1 aromatic heterocycles. The first-order valence-corrected chi connectivity index (χ1v) is 29.4. The molecule has 3 saturated heterocycles. The number of hydrogen-bond donors (Lipinski definition) is 7. The minimum atomic E-state index is -0.762. The van der Waals surface area contributed by atoms with Crippen LogP contribution in [0.25, 0.3) is 0 Å². The molecule has 4 aromatic rings. The largest absolute Gasteiger partial charge is 0.491 e. The fraction of sp³-hybridized carbons (Fsp3) is 0.613. The Morgan fingerprint density at radius 1 is 0.494 bits per heavy atom. The number of carbonyl (C=O) groups excluding carboxylic acids is 3. The minimum Gasteiger partial charge on any atom is -0.491 e. The third-order valence-electron chi connectivity index (χ3n) is 16.4. The molecule has 3 aromatic carbocycles. The quantitative estimate of drug-likeness (QED) is 0.0434. The number of aromatic nitrogens is 3. The molecule has 0 radical (unpaired) electrons. The zero-order valence-electron chi connectivity index (χ0n) is 49.8. The van der Waals surface area contributed by atoms with Gasteiger partial charge in [0.2, 0.25) is 0 Å². The number of hydrogen-bond acceptors (Lipinski definition) is 12. The fourth-order valence-electron chi connectivity index (χ4n) is 13.8. The molecule has 0 bridgehead atoms. The van der Waals surface area contributed by atoms with E-state index in [0.29, 0.717) is 106 Å². The molecule has 4 heterocycles. The highest BCUT2D eigenvalue weighted by Gasteiger charge is 2.45. The van der Waals surface area contributed by atoms with E-state index in [-0.39, 0.29) is 78.5 Å². The monoisotopic (exact) mass is 1150 g/mol.